The normalized spacial score (nSPS) is 20.4. The van der Waals surface area contributed by atoms with Crippen LogP contribution in [0.4, 0.5) is 0 Å². The van der Waals surface area contributed by atoms with Crippen LogP contribution in [0, 0.1) is 0 Å². The fraction of sp³-hybridized carbons (Fsp3) is 0.500. The van der Waals surface area contributed by atoms with E-state index < -0.39 is 10.0 Å². The summed E-state index contributed by atoms with van der Waals surface area (Å²) in [4.78, 5) is 3.77. The van der Waals surface area contributed by atoms with Crippen molar-refractivity contribution >= 4 is 10.0 Å². The van der Waals surface area contributed by atoms with Gasteiger partial charge in [0.05, 0.1) is 6.10 Å². The number of aromatic nitrogens is 1. The largest absolute Gasteiger partial charge is 0.474 e. The van der Waals surface area contributed by atoms with Gasteiger partial charge in [-0.15, -0.1) is 0 Å². The number of pyridine rings is 1. The van der Waals surface area contributed by atoms with Crippen molar-refractivity contribution in [3.63, 3.8) is 0 Å². The monoisotopic (exact) mass is 258 g/mol. The van der Waals surface area contributed by atoms with E-state index in [1.807, 2.05) is 0 Å². The van der Waals surface area contributed by atoms with Gasteiger partial charge in [-0.2, -0.15) is 0 Å². The lowest BCUT2D eigenvalue weighted by molar-refractivity contribution is 0.0652. The maximum absolute atomic E-state index is 11.3. The molecule has 0 radical (unpaired) electrons. The highest BCUT2D eigenvalue weighted by Gasteiger charge is 2.20. The molecule has 1 aliphatic rings. The molecule has 1 aromatic heterocycles. The van der Waals surface area contributed by atoms with Crippen LogP contribution >= 0.6 is 0 Å². The molecule has 17 heavy (non-hydrogen) atoms. The first-order valence-corrected chi connectivity index (χ1v) is 6.84. The van der Waals surface area contributed by atoms with E-state index in [2.05, 4.69) is 4.98 Å². The van der Waals surface area contributed by atoms with E-state index in [0.29, 0.717) is 6.61 Å². The van der Waals surface area contributed by atoms with Crippen molar-refractivity contribution in [1.29, 1.82) is 0 Å². The Kier molecular flexibility index (Phi) is 3.60. The van der Waals surface area contributed by atoms with E-state index in [-0.39, 0.29) is 16.9 Å². The molecule has 0 saturated carbocycles. The molecule has 0 spiro atoms. The Morgan fingerprint density at radius 3 is 3.06 bits per heavy atom. The van der Waals surface area contributed by atoms with E-state index in [1.54, 1.807) is 0 Å². The highest BCUT2D eigenvalue weighted by molar-refractivity contribution is 7.89. The van der Waals surface area contributed by atoms with Gasteiger partial charge in [0, 0.05) is 12.8 Å². The number of nitrogens with zero attached hydrogens (tertiary/aromatic N) is 1. The van der Waals surface area contributed by atoms with Gasteiger partial charge in [-0.05, 0) is 25.0 Å². The van der Waals surface area contributed by atoms with Crippen LogP contribution in [0.3, 0.4) is 0 Å². The van der Waals surface area contributed by atoms with Crippen molar-refractivity contribution in [3.05, 3.63) is 18.3 Å². The van der Waals surface area contributed by atoms with E-state index in [1.165, 1.54) is 18.3 Å². The van der Waals surface area contributed by atoms with Crippen molar-refractivity contribution in [1.82, 2.24) is 4.98 Å². The van der Waals surface area contributed by atoms with Gasteiger partial charge in [0.25, 0.3) is 0 Å². The zero-order valence-electron chi connectivity index (χ0n) is 9.20. The minimum atomic E-state index is -3.81. The molecule has 2 N–H and O–H groups in total. The molecule has 1 atom stereocenters. The van der Waals surface area contributed by atoms with Crippen molar-refractivity contribution in [2.75, 3.05) is 13.2 Å². The van der Waals surface area contributed by atoms with Crippen LogP contribution in [-0.4, -0.2) is 32.7 Å². The molecule has 1 saturated heterocycles. The van der Waals surface area contributed by atoms with Crippen LogP contribution in [0.25, 0.3) is 0 Å². The molecule has 1 aliphatic heterocycles. The molecule has 0 aromatic carbocycles. The van der Waals surface area contributed by atoms with Gasteiger partial charge in [0.1, 0.15) is 11.5 Å². The lowest BCUT2D eigenvalue weighted by Crippen LogP contribution is -2.19. The molecule has 1 fully saturated rings. The van der Waals surface area contributed by atoms with Gasteiger partial charge in [-0.25, -0.2) is 18.5 Å². The summed E-state index contributed by atoms with van der Waals surface area (Å²) in [6, 6.07) is 2.87. The minimum Gasteiger partial charge on any atom is -0.474 e. The molecule has 1 unspecified atom stereocenters. The quantitative estimate of drug-likeness (QED) is 0.838. The predicted octanol–water partition coefficient (Wildman–Crippen LogP) is 0.287. The van der Waals surface area contributed by atoms with Crippen LogP contribution in [0.2, 0.25) is 0 Å². The molecule has 1 aromatic rings. The number of sulfonamides is 1. The fourth-order valence-corrected chi connectivity index (χ4v) is 2.27. The van der Waals surface area contributed by atoms with Gasteiger partial charge in [-0.3, -0.25) is 0 Å². The summed E-state index contributed by atoms with van der Waals surface area (Å²) in [6.45, 7) is 1.01. The summed E-state index contributed by atoms with van der Waals surface area (Å²) in [6.07, 6.45) is 3.38. The first-order valence-electron chi connectivity index (χ1n) is 5.29. The summed E-state index contributed by atoms with van der Waals surface area (Å²) < 4.78 is 33.3. The van der Waals surface area contributed by atoms with E-state index in [0.717, 1.165) is 19.4 Å². The summed E-state index contributed by atoms with van der Waals surface area (Å²) in [5.41, 5.74) is 0. The number of hydrogen-bond donors (Lipinski definition) is 1. The molecule has 94 valence electrons. The second-order valence-electron chi connectivity index (χ2n) is 3.80. The number of nitrogens with two attached hydrogens (primary N) is 1. The van der Waals surface area contributed by atoms with Gasteiger partial charge in [0.15, 0.2) is 0 Å². The zero-order chi connectivity index (χ0) is 12.3. The van der Waals surface area contributed by atoms with E-state index in [9.17, 15) is 8.42 Å². The molecule has 0 amide bonds. The SMILES string of the molecule is NS(=O)(=O)c1cccnc1OCC1CCCO1. The first-order chi connectivity index (χ1) is 8.07. The first kappa shape index (κ1) is 12.3. The maximum atomic E-state index is 11.3. The third-order valence-corrected chi connectivity index (χ3v) is 3.40. The predicted molar refractivity (Wildman–Crippen MR) is 60.1 cm³/mol. The Balaban J connectivity index is 2.09. The summed E-state index contributed by atoms with van der Waals surface area (Å²) >= 11 is 0. The standard InChI is InChI=1S/C10H14N2O4S/c11-17(13,14)9-4-1-5-12-10(9)16-7-8-3-2-6-15-8/h1,4-5,8H,2-3,6-7H2,(H2,11,13,14). The fourth-order valence-electron chi connectivity index (χ4n) is 1.65. The van der Waals surface area contributed by atoms with Crippen LogP contribution in [-0.2, 0) is 14.8 Å². The molecule has 0 bridgehead atoms. The van der Waals surface area contributed by atoms with Gasteiger partial charge in [0.2, 0.25) is 15.9 Å². The Morgan fingerprint density at radius 1 is 1.59 bits per heavy atom. The van der Waals surface area contributed by atoms with Crippen molar-refractivity contribution in [3.8, 4) is 5.88 Å². The highest BCUT2D eigenvalue weighted by atomic mass is 32.2. The lowest BCUT2D eigenvalue weighted by atomic mass is 10.2. The van der Waals surface area contributed by atoms with Crippen LogP contribution in [0.5, 0.6) is 5.88 Å². The second-order valence-corrected chi connectivity index (χ2v) is 5.33. The molecular weight excluding hydrogens is 244 g/mol. The van der Waals surface area contributed by atoms with Crippen molar-refractivity contribution in [2.24, 2.45) is 5.14 Å². The molecular formula is C10H14N2O4S. The molecule has 0 aliphatic carbocycles. The van der Waals surface area contributed by atoms with Crippen molar-refractivity contribution < 1.29 is 17.9 Å². The van der Waals surface area contributed by atoms with Crippen LogP contribution < -0.4 is 9.88 Å². The maximum Gasteiger partial charge on any atom is 0.243 e. The second kappa shape index (κ2) is 4.99. The Morgan fingerprint density at radius 2 is 2.41 bits per heavy atom. The average molecular weight is 258 g/mol. The van der Waals surface area contributed by atoms with Gasteiger partial charge >= 0.3 is 0 Å². The topological polar surface area (TPSA) is 91.5 Å². The molecule has 2 heterocycles. The average Bonchev–Trinajstić information content (AvgIpc) is 2.78. The van der Waals surface area contributed by atoms with E-state index in [4.69, 9.17) is 14.6 Å². The number of ether oxygens (including phenoxy) is 2. The summed E-state index contributed by atoms with van der Waals surface area (Å²) in [5, 5.41) is 5.06. The number of hydrogen-bond acceptors (Lipinski definition) is 5. The third kappa shape index (κ3) is 3.15. The Hall–Kier alpha value is -1.18. The Bertz CT molecular complexity index is 483. The Labute approximate surface area is 99.8 Å². The highest BCUT2D eigenvalue weighted by Crippen LogP contribution is 2.20. The number of rotatable bonds is 4. The zero-order valence-corrected chi connectivity index (χ0v) is 10.0. The molecule has 2 rings (SSSR count). The summed E-state index contributed by atoms with van der Waals surface area (Å²) in [5.74, 6) is 0.0329. The smallest absolute Gasteiger partial charge is 0.243 e. The van der Waals surface area contributed by atoms with Crippen molar-refractivity contribution in [2.45, 2.75) is 23.8 Å². The van der Waals surface area contributed by atoms with Crippen LogP contribution in [0.15, 0.2) is 23.2 Å². The van der Waals surface area contributed by atoms with Gasteiger partial charge in [-0.1, -0.05) is 0 Å². The van der Waals surface area contributed by atoms with Crippen LogP contribution in [0.1, 0.15) is 12.8 Å². The summed E-state index contributed by atoms with van der Waals surface area (Å²) in [7, 11) is -3.81. The lowest BCUT2D eigenvalue weighted by Gasteiger charge is -2.12. The molecule has 7 heteroatoms. The molecule has 6 nitrogen and oxygen atoms in total. The minimum absolute atomic E-state index is 0.00494. The van der Waals surface area contributed by atoms with E-state index >= 15 is 0 Å². The third-order valence-electron chi connectivity index (χ3n) is 2.47. The number of primary sulfonamides is 1. The van der Waals surface area contributed by atoms with Gasteiger partial charge < -0.3 is 9.47 Å².